The summed E-state index contributed by atoms with van der Waals surface area (Å²) in [5.41, 5.74) is 2.66. The van der Waals surface area contributed by atoms with Gasteiger partial charge in [0, 0.05) is 18.8 Å². The molecule has 0 amide bonds. The highest BCUT2D eigenvalue weighted by molar-refractivity contribution is 5.43. The van der Waals surface area contributed by atoms with Crippen LogP contribution in [-0.2, 0) is 17.6 Å². The Morgan fingerprint density at radius 2 is 2.28 bits per heavy atom. The molecule has 2 unspecified atom stereocenters. The third-order valence-electron chi connectivity index (χ3n) is 3.77. The number of anilines is 1. The molecular formula is C14H20N2O2. The van der Waals surface area contributed by atoms with Crippen molar-refractivity contribution in [3.05, 3.63) is 23.4 Å². The van der Waals surface area contributed by atoms with Crippen molar-refractivity contribution < 1.29 is 9.84 Å². The van der Waals surface area contributed by atoms with Crippen LogP contribution in [0, 0.1) is 0 Å². The normalized spacial score (nSPS) is 27.3. The van der Waals surface area contributed by atoms with Gasteiger partial charge < -0.3 is 14.7 Å². The van der Waals surface area contributed by atoms with Gasteiger partial charge in [0.15, 0.2) is 0 Å². The number of morpholine rings is 1. The first-order chi connectivity index (χ1) is 8.76. The van der Waals surface area contributed by atoms with E-state index in [9.17, 15) is 5.11 Å². The van der Waals surface area contributed by atoms with Crippen molar-refractivity contribution in [2.24, 2.45) is 0 Å². The van der Waals surface area contributed by atoms with E-state index in [0.29, 0.717) is 0 Å². The predicted molar refractivity (Wildman–Crippen MR) is 69.9 cm³/mol. The number of rotatable bonds is 2. The number of ether oxygens (including phenoxy) is 1. The topological polar surface area (TPSA) is 45.6 Å². The van der Waals surface area contributed by atoms with E-state index in [1.165, 1.54) is 24.1 Å². The van der Waals surface area contributed by atoms with Crippen LogP contribution in [-0.4, -0.2) is 42.0 Å². The number of aromatic nitrogens is 1. The van der Waals surface area contributed by atoms with Crippen LogP contribution in [0.5, 0.6) is 0 Å². The summed E-state index contributed by atoms with van der Waals surface area (Å²) in [5, 5.41) is 9.26. The molecule has 0 bridgehead atoms. The zero-order valence-corrected chi connectivity index (χ0v) is 10.8. The molecule has 2 heterocycles. The van der Waals surface area contributed by atoms with Crippen molar-refractivity contribution in [1.82, 2.24) is 4.98 Å². The Kier molecular flexibility index (Phi) is 3.22. The summed E-state index contributed by atoms with van der Waals surface area (Å²) in [7, 11) is 0. The minimum atomic E-state index is -0.0937. The number of nitrogens with zero attached hydrogens (tertiary/aromatic N) is 2. The standard InChI is InChI=1S/C14H20N2O2/c1-10-7-16(8-12(9-17)18-10)14-6-5-11-3-2-4-13(11)15-14/h5-6,10,12,17H,2-4,7-9H2,1H3. The second kappa shape index (κ2) is 4.86. The number of hydrogen-bond acceptors (Lipinski definition) is 4. The fraction of sp³-hybridized carbons (Fsp3) is 0.643. The summed E-state index contributed by atoms with van der Waals surface area (Å²) in [6, 6.07) is 4.31. The molecule has 18 heavy (non-hydrogen) atoms. The molecule has 0 radical (unpaired) electrons. The average molecular weight is 248 g/mol. The monoisotopic (exact) mass is 248 g/mol. The number of fused-ring (bicyclic) bond motifs is 1. The van der Waals surface area contributed by atoms with E-state index >= 15 is 0 Å². The Hall–Kier alpha value is -1.13. The summed E-state index contributed by atoms with van der Waals surface area (Å²) in [4.78, 5) is 7.00. The van der Waals surface area contributed by atoms with Crippen molar-refractivity contribution in [2.45, 2.75) is 38.4 Å². The third kappa shape index (κ3) is 2.22. The summed E-state index contributed by atoms with van der Waals surface area (Å²) < 4.78 is 5.66. The van der Waals surface area contributed by atoms with E-state index < -0.39 is 0 Å². The fourth-order valence-electron chi connectivity index (χ4n) is 2.92. The molecule has 1 saturated heterocycles. The van der Waals surface area contributed by atoms with Gasteiger partial charge in [-0.25, -0.2) is 4.98 Å². The van der Waals surface area contributed by atoms with Crippen molar-refractivity contribution in [2.75, 3.05) is 24.6 Å². The van der Waals surface area contributed by atoms with Crippen LogP contribution in [0.2, 0.25) is 0 Å². The van der Waals surface area contributed by atoms with E-state index in [1.807, 2.05) is 6.92 Å². The molecule has 0 saturated carbocycles. The van der Waals surface area contributed by atoms with Gasteiger partial charge in [-0.05, 0) is 37.8 Å². The van der Waals surface area contributed by atoms with Crippen LogP contribution in [0.15, 0.2) is 12.1 Å². The molecule has 1 N–H and O–H groups in total. The first-order valence-electron chi connectivity index (χ1n) is 6.76. The summed E-state index contributed by atoms with van der Waals surface area (Å²) in [6.45, 7) is 3.70. The predicted octanol–water partition coefficient (Wildman–Crippen LogP) is 1.16. The van der Waals surface area contributed by atoms with Crippen molar-refractivity contribution in [3.63, 3.8) is 0 Å². The first-order valence-corrected chi connectivity index (χ1v) is 6.76. The minimum Gasteiger partial charge on any atom is -0.394 e. The number of aliphatic hydroxyl groups excluding tert-OH is 1. The maximum absolute atomic E-state index is 9.26. The second-order valence-electron chi connectivity index (χ2n) is 5.29. The van der Waals surface area contributed by atoms with Gasteiger partial charge in [-0.2, -0.15) is 0 Å². The van der Waals surface area contributed by atoms with Gasteiger partial charge in [-0.15, -0.1) is 0 Å². The summed E-state index contributed by atoms with van der Waals surface area (Å²) in [5.74, 6) is 1.03. The summed E-state index contributed by atoms with van der Waals surface area (Å²) >= 11 is 0. The molecule has 4 nitrogen and oxygen atoms in total. The van der Waals surface area contributed by atoms with Gasteiger partial charge in [0.05, 0.1) is 18.8 Å². The minimum absolute atomic E-state index is 0.0752. The molecule has 2 atom stereocenters. The lowest BCUT2D eigenvalue weighted by molar-refractivity contribution is -0.0423. The van der Waals surface area contributed by atoms with Gasteiger partial charge in [-0.1, -0.05) is 6.07 Å². The van der Waals surface area contributed by atoms with Gasteiger partial charge in [0.2, 0.25) is 0 Å². The van der Waals surface area contributed by atoms with Crippen molar-refractivity contribution >= 4 is 5.82 Å². The van der Waals surface area contributed by atoms with E-state index in [4.69, 9.17) is 9.72 Å². The Morgan fingerprint density at radius 3 is 3.11 bits per heavy atom. The maximum Gasteiger partial charge on any atom is 0.128 e. The molecule has 1 fully saturated rings. The van der Waals surface area contributed by atoms with Crippen LogP contribution in [0.3, 0.4) is 0 Å². The zero-order valence-electron chi connectivity index (χ0n) is 10.8. The molecule has 98 valence electrons. The van der Waals surface area contributed by atoms with Crippen LogP contribution >= 0.6 is 0 Å². The van der Waals surface area contributed by atoms with Gasteiger partial charge in [0.1, 0.15) is 5.82 Å². The molecule has 1 aromatic rings. The molecule has 0 spiro atoms. The fourth-order valence-corrected chi connectivity index (χ4v) is 2.92. The molecule has 4 heteroatoms. The molecule has 1 aromatic heterocycles. The van der Waals surface area contributed by atoms with E-state index in [2.05, 4.69) is 17.0 Å². The lowest BCUT2D eigenvalue weighted by atomic mass is 10.2. The molecule has 1 aliphatic carbocycles. The quantitative estimate of drug-likeness (QED) is 0.853. The van der Waals surface area contributed by atoms with E-state index in [0.717, 1.165) is 25.3 Å². The lowest BCUT2D eigenvalue weighted by Gasteiger charge is -2.37. The number of hydrogen-bond donors (Lipinski definition) is 1. The Bertz CT molecular complexity index is 436. The van der Waals surface area contributed by atoms with E-state index in [1.54, 1.807) is 0 Å². The van der Waals surface area contributed by atoms with Crippen LogP contribution in [0.25, 0.3) is 0 Å². The highest BCUT2D eigenvalue weighted by atomic mass is 16.5. The van der Waals surface area contributed by atoms with Crippen molar-refractivity contribution in [1.29, 1.82) is 0 Å². The van der Waals surface area contributed by atoms with Crippen LogP contribution in [0.4, 0.5) is 5.82 Å². The van der Waals surface area contributed by atoms with Gasteiger partial charge in [0.25, 0.3) is 0 Å². The SMILES string of the molecule is CC1CN(c2ccc3c(n2)CCC3)CC(CO)O1. The number of aliphatic hydroxyl groups is 1. The van der Waals surface area contributed by atoms with Crippen molar-refractivity contribution in [3.8, 4) is 0 Å². The largest absolute Gasteiger partial charge is 0.394 e. The second-order valence-corrected chi connectivity index (χ2v) is 5.29. The summed E-state index contributed by atoms with van der Waals surface area (Å²) in [6.07, 6.45) is 3.55. The number of pyridine rings is 1. The Morgan fingerprint density at radius 1 is 1.39 bits per heavy atom. The molecule has 3 rings (SSSR count). The highest BCUT2D eigenvalue weighted by Crippen LogP contribution is 2.25. The first kappa shape index (κ1) is 11.9. The molecule has 1 aliphatic heterocycles. The maximum atomic E-state index is 9.26. The highest BCUT2D eigenvalue weighted by Gasteiger charge is 2.26. The lowest BCUT2D eigenvalue weighted by Crippen LogP contribution is -2.48. The number of aryl methyl sites for hydroxylation is 2. The van der Waals surface area contributed by atoms with Crippen LogP contribution in [0.1, 0.15) is 24.6 Å². The van der Waals surface area contributed by atoms with E-state index in [-0.39, 0.29) is 18.8 Å². The van der Waals surface area contributed by atoms with Crippen LogP contribution < -0.4 is 4.90 Å². The zero-order chi connectivity index (χ0) is 12.5. The van der Waals surface area contributed by atoms with Gasteiger partial charge >= 0.3 is 0 Å². The molecule has 2 aliphatic rings. The van der Waals surface area contributed by atoms with Gasteiger partial charge in [-0.3, -0.25) is 0 Å². The Balaban J connectivity index is 1.81. The average Bonchev–Trinajstić information content (AvgIpc) is 2.85. The Labute approximate surface area is 108 Å². The third-order valence-corrected chi connectivity index (χ3v) is 3.77. The smallest absolute Gasteiger partial charge is 0.128 e. The molecular weight excluding hydrogens is 228 g/mol. The molecule has 0 aromatic carbocycles.